The van der Waals surface area contributed by atoms with Crippen molar-refractivity contribution in [1.82, 2.24) is 0 Å². The zero-order valence-corrected chi connectivity index (χ0v) is 13.5. The number of carbonyl (C=O) groups excluding carboxylic acids is 1. The van der Waals surface area contributed by atoms with E-state index in [9.17, 15) is 14.9 Å². The molecular formula is C17H16N2O3S. The third-order valence-electron chi connectivity index (χ3n) is 3.99. The second kappa shape index (κ2) is 6.42. The predicted molar refractivity (Wildman–Crippen MR) is 91.3 cm³/mol. The SMILES string of the molecule is CSc1ccc(C(=O)Nc2ccc3c(c2)CCC3)cc1[N+](=O)[O-]. The Morgan fingerprint density at radius 2 is 1.96 bits per heavy atom. The Morgan fingerprint density at radius 3 is 2.70 bits per heavy atom. The summed E-state index contributed by atoms with van der Waals surface area (Å²) < 4.78 is 0. The van der Waals surface area contributed by atoms with Crippen molar-refractivity contribution in [3.8, 4) is 0 Å². The first-order valence-electron chi connectivity index (χ1n) is 7.34. The third-order valence-corrected chi connectivity index (χ3v) is 4.78. The van der Waals surface area contributed by atoms with Crippen LogP contribution in [0.5, 0.6) is 0 Å². The summed E-state index contributed by atoms with van der Waals surface area (Å²) in [5.41, 5.74) is 3.58. The number of benzene rings is 2. The monoisotopic (exact) mass is 328 g/mol. The molecular weight excluding hydrogens is 312 g/mol. The number of rotatable bonds is 4. The van der Waals surface area contributed by atoms with Gasteiger partial charge in [-0.1, -0.05) is 6.07 Å². The molecule has 0 atom stereocenters. The van der Waals surface area contributed by atoms with Gasteiger partial charge in [-0.05, 0) is 60.9 Å². The van der Waals surface area contributed by atoms with Gasteiger partial charge in [0.15, 0.2) is 0 Å². The van der Waals surface area contributed by atoms with Gasteiger partial charge in [-0.2, -0.15) is 0 Å². The normalized spacial score (nSPS) is 12.7. The first kappa shape index (κ1) is 15.6. The summed E-state index contributed by atoms with van der Waals surface area (Å²) in [5, 5.41) is 13.9. The summed E-state index contributed by atoms with van der Waals surface area (Å²) in [6.45, 7) is 0. The lowest BCUT2D eigenvalue weighted by atomic mass is 10.1. The summed E-state index contributed by atoms with van der Waals surface area (Å²) in [6, 6.07) is 10.5. The zero-order chi connectivity index (χ0) is 16.4. The Labute approximate surface area is 138 Å². The molecule has 0 aliphatic heterocycles. The molecule has 0 heterocycles. The Bertz CT molecular complexity index is 789. The van der Waals surface area contributed by atoms with Crippen molar-refractivity contribution in [3.05, 3.63) is 63.2 Å². The molecule has 118 valence electrons. The fraction of sp³-hybridized carbons (Fsp3) is 0.235. The highest BCUT2D eigenvalue weighted by Crippen LogP contribution is 2.29. The van der Waals surface area contributed by atoms with Crippen molar-refractivity contribution in [2.75, 3.05) is 11.6 Å². The van der Waals surface area contributed by atoms with E-state index in [1.54, 1.807) is 18.4 Å². The third kappa shape index (κ3) is 3.22. The molecule has 0 spiro atoms. The molecule has 0 saturated carbocycles. The van der Waals surface area contributed by atoms with Gasteiger partial charge in [0.1, 0.15) is 0 Å². The highest BCUT2D eigenvalue weighted by Gasteiger charge is 2.18. The second-order valence-corrected chi connectivity index (χ2v) is 6.28. The highest BCUT2D eigenvalue weighted by atomic mass is 32.2. The number of aryl methyl sites for hydroxylation is 2. The van der Waals surface area contributed by atoms with Crippen LogP contribution in [-0.4, -0.2) is 17.1 Å². The number of amides is 1. The van der Waals surface area contributed by atoms with Gasteiger partial charge < -0.3 is 5.32 Å². The van der Waals surface area contributed by atoms with Gasteiger partial charge in [-0.25, -0.2) is 0 Å². The Hall–Kier alpha value is -2.34. The van der Waals surface area contributed by atoms with Crippen LogP contribution in [0.15, 0.2) is 41.3 Å². The molecule has 23 heavy (non-hydrogen) atoms. The van der Waals surface area contributed by atoms with Crippen molar-refractivity contribution in [2.24, 2.45) is 0 Å². The molecule has 1 aliphatic rings. The lowest BCUT2D eigenvalue weighted by molar-refractivity contribution is -0.387. The number of anilines is 1. The molecule has 1 N–H and O–H groups in total. The van der Waals surface area contributed by atoms with Crippen LogP contribution >= 0.6 is 11.8 Å². The van der Waals surface area contributed by atoms with Crippen molar-refractivity contribution in [1.29, 1.82) is 0 Å². The summed E-state index contributed by atoms with van der Waals surface area (Å²) in [7, 11) is 0. The van der Waals surface area contributed by atoms with E-state index in [0.29, 0.717) is 4.90 Å². The number of thioether (sulfide) groups is 1. The molecule has 0 radical (unpaired) electrons. The van der Waals surface area contributed by atoms with E-state index in [4.69, 9.17) is 0 Å². The second-order valence-electron chi connectivity index (χ2n) is 5.43. The summed E-state index contributed by atoms with van der Waals surface area (Å²) >= 11 is 1.29. The highest BCUT2D eigenvalue weighted by molar-refractivity contribution is 7.98. The van der Waals surface area contributed by atoms with Crippen LogP contribution in [-0.2, 0) is 12.8 Å². The minimum Gasteiger partial charge on any atom is -0.322 e. The standard InChI is InChI=1S/C17H16N2O3S/c1-23-16-8-6-13(10-15(16)19(21)22)17(20)18-14-7-5-11-3-2-4-12(11)9-14/h5-10H,2-4H2,1H3,(H,18,20). The molecule has 3 rings (SSSR count). The molecule has 0 aromatic heterocycles. The van der Waals surface area contributed by atoms with Crippen LogP contribution in [0.25, 0.3) is 0 Å². The van der Waals surface area contributed by atoms with Crippen LogP contribution in [0, 0.1) is 10.1 Å². The number of hydrogen-bond donors (Lipinski definition) is 1. The maximum atomic E-state index is 12.3. The number of carbonyl (C=O) groups is 1. The molecule has 2 aromatic rings. The maximum Gasteiger partial charge on any atom is 0.283 e. The van der Waals surface area contributed by atoms with Gasteiger partial charge >= 0.3 is 0 Å². The molecule has 1 aliphatic carbocycles. The number of fused-ring (bicyclic) bond motifs is 1. The molecule has 6 heteroatoms. The van der Waals surface area contributed by atoms with Gasteiger partial charge in [0, 0.05) is 17.3 Å². The number of hydrogen-bond acceptors (Lipinski definition) is 4. The summed E-state index contributed by atoms with van der Waals surface area (Å²) in [4.78, 5) is 23.5. The number of nitrogens with zero attached hydrogens (tertiary/aromatic N) is 1. The molecule has 0 fully saturated rings. The van der Waals surface area contributed by atoms with E-state index in [-0.39, 0.29) is 17.2 Å². The smallest absolute Gasteiger partial charge is 0.283 e. The van der Waals surface area contributed by atoms with Crippen molar-refractivity contribution >= 4 is 29.0 Å². The van der Waals surface area contributed by atoms with E-state index < -0.39 is 4.92 Å². The van der Waals surface area contributed by atoms with Crippen LogP contribution in [0.4, 0.5) is 11.4 Å². The lowest BCUT2D eigenvalue weighted by Gasteiger charge is -2.08. The number of nitrogens with one attached hydrogen (secondary N) is 1. The molecule has 0 bridgehead atoms. The summed E-state index contributed by atoms with van der Waals surface area (Å²) in [6.07, 6.45) is 5.04. The van der Waals surface area contributed by atoms with E-state index >= 15 is 0 Å². The van der Waals surface area contributed by atoms with Gasteiger partial charge in [-0.15, -0.1) is 11.8 Å². The van der Waals surface area contributed by atoms with E-state index in [2.05, 4.69) is 5.32 Å². The van der Waals surface area contributed by atoms with Gasteiger partial charge in [0.25, 0.3) is 11.6 Å². The van der Waals surface area contributed by atoms with Crippen LogP contribution in [0.1, 0.15) is 27.9 Å². The molecule has 2 aromatic carbocycles. The van der Waals surface area contributed by atoms with Crippen molar-refractivity contribution in [2.45, 2.75) is 24.2 Å². The van der Waals surface area contributed by atoms with Crippen LogP contribution < -0.4 is 5.32 Å². The summed E-state index contributed by atoms with van der Waals surface area (Å²) in [5.74, 6) is -0.335. The average Bonchev–Trinajstić information content (AvgIpc) is 3.01. The fourth-order valence-corrected chi connectivity index (χ4v) is 3.37. The van der Waals surface area contributed by atoms with Crippen molar-refractivity contribution in [3.63, 3.8) is 0 Å². The quantitative estimate of drug-likeness (QED) is 0.522. The Kier molecular flexibility index (Phi) is 4.34. The minimum absolute atomic E-state index is 0.0425. The van der Waals surface area contributed by atoms with E-state index in [1.807, 2.05) is 18.2 Å². The maximum absolute atomic E-state index is 12.3. The van der Waals surface area contributed by atoms with E-state index in [1.165, 1.54) is 29.0 Å². The predicted octanol–water partition coefficient (Wildman–Crippen LogP) is 4.06. The topological polar surface area (TPSA) is 72.2 Å². The van der Waals surface area contributed by atoms with Crippen LogP contribution in [0.3, 0.4) is 0 Å². The largest absolute Gasteiger partial charge is 0.322 e. The number of nitro benzene ring substituents is 1. The first-order valence-corrected chi connectivity index (χ1v) is 8.56. The lowest BCUT2D eigenvalue weighted by Crippen LogP contribution is -2.12. The van der Waals surface area contributed by atoms with Gasteiger partial charge in [-0.3, -0.25) is 14.9 Å². The Morgan fingerprint density at radius 1 is 1.17 bits per heavy atom. The molecule has 0 unspecified atom stereocenters. The average molecular weight is 328 g/mol. The number of nitro groups is 1. The van der Waals surface area contributed by atoms with Gasteiger partial charge in [0.05, 0.1) is 9.82 Å². The zero-order valence-electron chi connectivity index (χ0n) is 12.7. The van der Waals surface area contributed by atoms with E-state index in [0.717, 1.165) is 24.9 Å². The minimum atomic E-state index is -0.460. The van der Waals surface area contributed by atoms with Crippen molar-refractivity contribution < 1.29 is 9.72 Å². The van der Waals surface area contributed by atoms with Gasteiger partial charge in [0.2, 0.25) is 0 Å². The first-order chi connectivity index (χ1) is 11.1. The molecule has 0 saturated heterocycles. The van der Waals surface area contributed by atoms with Crippen LogP contribution in [0.2, 0.25) is 0 Å². The molecule has 5 nitrogen and oxygen atoms in total. The molecule has 1 amide bonds. The Balaban J connectivity index is 1.83. The fourth-order valence-electron chi connectivity index (χ4n) is 2.83.